The number of nitrogens with one attached hydrogen (secondary N) is 2. The van der Waals surface area contributed by atoms with Crippen LogP contribution in [0.3, 0.4) is 0 Å². The van der Waals surface area contributed by atoms with Gasteiger partial charge in [0.2, 0.25) is 5.91 Å². The number of carbonyl (C=O) groups excluding carboxylic acids is 1. The van der Waals surface area contributed by atoms with Crippen molar-refractivity contribution in [1.82, 2.24) is 20.4 Å². The molecule has 2 aliphatic rings. The molecule has 0 radical (unpaired) electrons. The predicted octanol–water partition coefficient (Wildman–Crippen LogP) is 1.14. The summed E-state index contributed by atoms with van der Waals surface area (Å²) in [6.45, 7) is 11.7. The first-order valence-electron chi connectivity index (χ1n) is 11.8. The number of benzene rings is 1. The second-order valence-electron chi connectivity index (χ2n) is 8.09. The Labute approximate surface area is 190 Å². The van der Waals surface area contributed by atoms with Crippen LogP contribution in [0.15, 0.2) is 29.3 Å². The molecule has 0 aliphatic carbocycles. The number of aliphatic imine (C=N–C) groups is 1. The molecule has 2 heterocycles. The standard InChI is InChI=1S/C23H37FN6O2/c1-2-25-23(26-9-3-11-28-16-18-32-19-17-28)27-10-8-22(31)30-14-12-29(13-15-30)21-6-4-20(24)5-7-21/h4-7H,2-3,8-19H2,1H3,(H2,25,26,27). The third-order valence-corrected chi connectivity index (χ3v) is 5.81. The van der Waals surface area contributed by atoms with Crippen molar-refractivity contribution in [3.63, 3.8) is 0 Å². The van der Waals surface area contributed by atoms with E-state index in [1.807, 2.05) is 11.8 Å². The Morgan fingerprint density at radius 2 is 1.78 bits per heavy atom. The molecule has 178 valence electrons. The number of hydrogen-bond donors (Lipinski definition) is 2. The van der Waals surface area contributed by atoms with Gasteiger partial charge in [-0.3, -0.25) is 14.7 Å². The lowest BCUT2D eigenvalue weighted by Crippen LogP contribution is -2.49. The van der Waals surface area contributed by atoms with Crippen LogP contribution in [-0.4, -0.2) is 100 Å². The molecule has 0 aromatic heterocycles. The fraction of sp³-hybridized carbons (Fsp3) is 0.652. The van der Waals surface area contributed by atoms with Crippen molar-refractivity contribution in [2.45, 2.75) is 19.8 Å². The van der Waals surface area contributed by atoms with Crippen molar-refractivity contribution in [2.75, 3.05) is 83.6 Å². The van der Waals surface area contributed by atoms with Gasteiger partial charge in [-0.05, 0) is 37.6 Å². The average molecular weight is 449 g/mol. The Bertz CT molecular complexity index is 716. The fourth-order valence-corrected chi connectivity index (χ4v) is 3.96. The Morgan fingerprint density at radius 3 is 2.47 bits per heavy atom. The lowest BCUT2D eigenvalue weighted by molar-refractivity contribution is -0.131. The molecule has 1 amide bonds. The smallest absolute Gasteiger partial charge is 0.224 e. The van der Waals surface area contributed by atoms with Gasteiger partial charge in [0.15, 0.2) is 5.96 Å². The number of ether oxygens (including phenoxy) is 1. The minimum Gasteiger partial charge on any atom is -0.379 e. The van der Waals surface area contributed by atoms with Crippen LogP contribution in [0.5, 0.6) is 0 Å². The summed E-state index contributed by atoms with van der Waals surface area (Å²) in [6.07, 6.45) is 1.45. The molecular formula is C23H37FN6O2. The van der Waals surface area contributed by atoms with E-state index in [9.17, 15) is 9.18 Å². The van der Waals surface area contributed by atoms with Gasteiger partial charge in [-0.15, -0.1) is 0 Å². The molecule has 2 fully saturated rings. The van der Waals surface area contributed by atoms with E-state index in [1.165, 1.54) is 12.1 Å². The van der Waals surface area contributed by atoms with Crippen molar-refractivity contribution in [1.29, 1.82) is 0 Å². The second-order valence-corrected chi connectivity index (χ2v) is 8.09. The summed E-state index contributed by atoms with van der Waals surface area (Å²) in [4.78, 5) is 23.7. The monoisotopic (exact) mass is 448 g/mol. The van der Waals surface area contributed by atoms with E-state index < -0.39 is 0 Å². The van der Waals surface area contributed by atoms with Gasteiger partial charge in [0, 0.05) is 77.6 Å². The van der Waals surface area contributed by atoms with Crippen LogP contribution < -0.4 is 15.5 Å². The number of carbonyl (C=O) groups is 1. The van der Waals surface area contributed by atoms with E-state index in [-0.39, 0.29) is 11.7 Å². The molecule has 1 aromatic carbocycles. The highest BCUT2D eigenvalue weighted by molar-refractivity contribution is 5.81. The third kappa shape index (κ3) is 7.94. The summed E-state index contributed by atoms with van der Waals surface area (Å²) in [5.74, 6) is 0.690. The predicted molar refractivity (Wildman–Crippen MR) is 126 cm³/mol. The maximum Gasteiger partial charge on any atom is 0.224 e. The van der Waals surface area contributed by atoms with Crippen LogP contribution in [0.2, 0.25) is 0 Å². The summed E-state index contributed by atoms with van der Waals surface area (Å²) in [5.41, 5.74) is 1.00. The number of nitrogens with zero attached hydrogens (tertiary/aromatic N) is 4. The van der Waals surface area contributed by atoms with Crippen LogP contribution in [0.1, 0.15) is 19.8 Å². The molecule has 2 aliphatic heterocycles. The lowest BCUT2D eigenvalue weighted by Gasteiger charge is -2.36. The van der Waals surface area contributed by atoms with Crippen molar-refractivity contribution in [2.24, 2.45) is 4.99 Å². The number of rotatable bonds is 9. The first kappa shape index (κ1) is 24.3. The fourth-order valence-electron chi connectivity index (χ4n) is 3.96. The largest absolute Gasteiger partial charge is 0.379 e. The van der Waals surface area contributed by atoms with Gasteiger partial charge in [-0.25, -0.2) is 4.39 Å². The Hall–Kier alpha value is -2.39. The molecule has 32 heavy (non-hydrogen) atoms. The van der Waals surface area contributed by atoms with Gasteiger partial charge < -0.3 is 25.2 Å². The Morgan fingerprint density at radius 1 is 1.06 bits per heavy atom. The van der Waals surface area contributed by atoms with Gasteiger partial charge in [0.25, 0.3) is 0 Å². The van der Waals surface area contributed by atoms with Crippen molar-refractivity contribution in [3.05, 3.63) is 30.1 Å². The quantitative estimate of drug-likeness (QED) is 0.335. The molecule has 0 bridgehead atoms. The number of anilines is 1. The van der Waals surface area contributed by atoms with Gasteiger partial charge in [0.1, 0.15) is 5.82 Å². The van der Waals surface area contributed by atoms with Crippen LogP contribution in [0.25, 0.3) is 0 Å². The highest BCUT2D eigenvalue weighted by atomic mass is 19.1. The van der Waals surface area contributed by atoms with Gasteiger partial charge in [-0.2, -0.15) is 0 Å². The second kappa shape index (κ2) is 13.2. The normalized spacial score (nSPS) is 18.0. The first-order chi connectivity index (χ1) is 15.7. The molecule has 8 nitrogen and oxygen atoms in total. The van der Waals surface area contributed by atoms with Gasteiger partial charge >= 0.3 is 0 Å². The van der Waals surface area contributed by atoms with E-state index in [4.69, 9.17) is 4.74 Å². The molecule has 9 heteroatoms. The SMILES string of the molecule is CCNC(=NCCCN1CCOCC1)NCCC(=O)N1CCN(c2ccc(F)cc2)CC1. The third-order valence-electron chi connectivity index (χ3n) is 5.81. The molecule has 0 unspecified atom stereocenters. The summed E-state index contributed by atoms with van der Waals surface area (Å²) in [7, 11) is 0. The molecule has 0 saturated carbocycles. The maximum atomic E-state index is 13.1. The Kier molecular flexibility index (Phi) is 10.0. The summed E-state index contributed by atoms with van der Waals surface area (Å²) < 4.78 is 18.5. The van der Waals surface area contributed by atoms with Crippen LogP contribution in [0.4, 0.5) is 10.1 Å². The van der Waals surface area contributed by atoms with Crippen LogP contribution in [0, 0.1) is 5.82 Å². The zero-order chi connectivity index (χ0) is 22.6. The molecule has 2 N–H and O–H groups in total. The summed E-state index contributed by atoms with van der Waals surface area (Å²) >= 11 is 0. The van der Waals surface area contributed by atoms with E-state index in [2.05, 4.69) is 25.4 Å². The number of morpholine rings is 1. The van der Waals surface area contributed by atoms with Crippen LogP contribution >= 0.6 is 0 Å². The molecule has 3 rings (SSSR count). The molecular weight excluding hydrogens is 411 g/mol. The highest BCUT2D eigenvalue weighted by Gasteiger charge is 2.21. The van der Waals surface area contributed by atoms with E-state index >= 15 is 0 Å². The molecule has 1 aromatic rings. The maximum absolute atomic E-state index is 13.1. The number of amides is 1. The molecule has 0 spiro atoms. The number of piperazine rings is 1. The van der Waals surface area contributed by atoms with Crippen molar-refractivity contribution < 1.29 is 13.9 Å². The highest BCUT2D eigenvalue weighted by Crippen LogP contribution is 2.17. The minimum atomic E-state index is -0.229. The van der Waals surface area contributed by atoms with E-state index in [1.54, 1.807) is 12.1 Å². The zero-order valence-corrected chi connectivity index (χ0v) is 19.2. The lowest BCUT2D eigenvalue weighted by atomic mass is 10.2. The van der Waals surface area contributed by atoms with Crippen LogP contribution in [-0.2, 0) is 9.53 Å². The Balaban J connectivity index is 1.33. The molecule has 0 atom stereocenters. The topological polar surface area (TPSA) is 72.4 Å². The van der Waals surface area contributed by atoms with Crippen molar-refractivity contribution >= 4 is 17.6 Å². The number of guanidine groups is 1. The summed E-state index contributed by atoms with van der Waals surface area (Å²) in [5, 5.41) is 6.53. The number of halogens is 1. The first-order valence-corrected chi connectivity index (χ1v) is 11.8. The number of hydrogen-bond acceptors (Lipinski definition) is 5. The van der Waals surface area contributed by atoms with Gasteiger partial charge in [0.05, 0.1) is 13.2 Å². The van der Waals surface area contributed by atoms with Crippen molar-refractivity contribution in [3.8, 4) is 0 Å². The average Bonchev–Trinajstić information content (AvgIpc) is 2.83. The zero-order valence-electron chi connectivity index (χ0n) is 19.2. The van der Waals surface area contributed by atoms with E-state index in [0.29, 0.717) is 26.1 Å². The minimum absolute atomic E-state index is 0.152. The van der Waals surface area contributed by atoms with E-state index in [0.717, 1.165) is 77.1 Å². The summed E-state index contributed by atoms with van der Waals surface area (Å²) in [6, 6.07) is 6.54. The van der Waals surface area contributed by atoms with Gasteiger partial charge in [-0.1, -0.05) is 0 Å². The molecule has 2 saturated heterocycles.